The molecule has 7 rings (SSSR count). The second kappa shape index (κ2) is 19.2. The molecule has 0 spiro atoms. The summed E-state index contributed by atoms with van der Waals surface area (Å²) in [4.78, 5) is 76.6. The van der Waals surface area contributed by atoms with E-state index in [0.717, 1.165) is 50.1 Å². The molecule has 6 bridgehead atoms. The lowest BCUT2D eigenvalue weighted by Gasteiger charge is -2.37. The van der Waals surface area contributed by atoms with Gasteiger partial charge in [-0.05, 0) is 85.5 Å². The molecule has 0 radical (unpaired) electrons. The maximum atomic E-state index is 14.6. The molecule has 3 N–H and O–H groups in total. The topological polar surface area (TPSA) is 177 Å². The number of hydrazine groups is 1. The van der Waals surface area contributed by atoms with E-state index in [1.54, 1.807) is 27.4 Å². The van der Waals surface area contributed by atoms with Crippen LogP contribution in [0.4, 0.5) is 0 Å². The maximum absolute atomic E-state index is 14.6. The van der Waals surface area contributed by atoms with Crippen LogP contribution in [0.3, 0.4) is 0 Å². The van der Waals surface area contributed by atoms with Gasteiger partial charge in [-0.1, -0.05) is 58.0 Å². The highest BCUT2D eigenvalue weighted by atomic mass is 16.5. The summed E-state index contributed by atoms with van der Waals surface area (Å²) in [7, 11) is 4.81. The van der Waals surface area contributed by atoms with E-state index in [4.69, 9.17) is 14.5 Å². The standard InChI is InChI=1S/C49H64N8O7/c1-10-56-40-19-18-33-24-35(40)36(44(56)34-16-12-20-50-42(34)30(4)63-9)25-49(5,6)28-64-48(62)37-17-13-21-57(53-37)47(61)38(23-31-14-11-15-32(33)22-31)52-45(59)43(29(2)3)55(8)41(58)27-54(7)46(60)39-26-51-39/h11-12,14-16,18-20,22,24,29-30,37-39,43,51,53H,10,13,17,21,23,25-28H2,1-9H3,(H,52,59)/t30-,37-,38-,39+,43-/m0/s1. The summed E-state index contributed by atoms with van der Waals surface area (Å²) >= 11 is 0. The van der Waals surface area contributed by atoms with Crippen LogP contribution < -0.4 is 16.1 Å². The van der Waals surface area contributed by atoms with Gasteiger partial charge in [0, 0.05) is 75.3 Å². The van der Waals surface area contributed by atoms with Crippen LogP contribution in [0.2, 0.25) is 0 Å². The first-order chi connectivity index (χ1) is 30.5. The molecular formula is C49H64N8O7. The van der Waals surface area contributed by atoms with E-state index < -0.39 is 47.2 Å². The van der Waals surface area contributed by atoms with Gasteiger partial charge in [0.15, 0.2) is 0 Å². The van der Waals surface area contributed by atoms with Crippen molar-refractivity contribution in [2.24, 2.45) is 11.3 Å². The SMILES string of the molecule is CCn1c(-c2cccnc2[C@H](C)OC)c2c3cc(ccc31)-c1cccc(c1)C[C@H](NC(=O)[C@H](C(C)C)N(C)C(=O)CN(C)C(=O)[C@H]1CN1)C(=O)N1CCC[C@H](N1)C(=O)OCC(C)(C)C2. The molecule has 4 amide bonds. The van der Waals surface area contributed by atoms with Crippen LogP contribution in [0.15, 0.2) is 60.8 Å². The molecule has 5 heterocycles. The molecule has 2 aromatic carbocycles. The molecular weight excluding hydrogens is 813 g/mol. The Labute approximate surface area is 376 Å². The average molecular weight is 877 g/mol. The fourth-order valence-electron chi connectivity index (χ4n) is 9.22. The fraction of sp³-hybridized carbons (Fsp3) is 0.510. The Balaban J connectivity index is 1.29. The number of hydrogen-bond donors (Lipinski definition) is 3. The molecule has 342 valence electrons. The number of amides is 4. The third-order valence-corrected chi connectivity index (χ3v) is 12.8. The van der Waals surface area contributed by atoms with Crippen molar-refractivity contribution < 1.29 is 33.4 Å². The Kier molecular flexibility index (Phi) is 13.9. The van der Waals surface area contributed by atoms with E-state index in [9.17, 15) is 24.0 Å². The number of aryl methyl sites for hydroxylation is 1. The minimum absolute atomic E-state index is 0.134. The summed E-state index contributed by atoms with van der Waals surface area (Å²) in [6.07, 6.45) is 3.28. The Morgan fingerprint density at radius 3 is 2.50 bits per heavy atom. The summed E-state index contributed by atoms with van der Waals surface area (Å²) in [5.41, 5.74) is 10.4. The first kappa shape index (κ1) is 46.4. The van der Waals surface area contributed by atoms with Crippen LogP contribution >= 0.6 is 0 Å². The molecule has 4 aromatic rings. The van der Waals surface area contributed by atoms with Gasteiger partial charge in [-0.25, -0.2) is 5.43 Å². The van der Waals surface area contributed by atoms with Crippen LogP contribution in [0.1, 0.15) is 77.3 Å². The van der Waals surface area contributed by atoms with Crippen molar-refractivity contribution in [2.45, 2.75) is 104 Å². The Hall–Kier alpha value is -5.64. The van der Waals surface area contributed by atoms with Gasteiger partial charge < -0.3 is 34.5 Å². The van der Waals surface area contributed by atoms with Crippen LogP contribution in [0, 0.1) is 11.3 Å². The average Bonchev–Trinajstić information content (AvgIpc) is 4.09. The van der Waals surface area contributed by atoms with Crippen molar-refractivity contribution in [2.75, 3.05) is 47.4 Å². The van der Waals surface area contributed by atoms with Gasteiger partial charge in [-0.2, -0.15) is 0 Å². The molecule has 3 aliphatic rings. The van der Waals surface area contributed by atoms with Crippen LogP contribution in [0.5, 0.6) is 0 Å². The normalized spacial score (nSPS) is 20.8. The van der Waals surface area contributed by atoms with Crippen LogP contribution in [-0.4, -0.2) is 126 Å². The number of fused-ring (bicyclic) bond motifs is 6. The third-order valence-electron chi connectivity index (χ3n) is 12.8. The van der Waals surface area contributed by atoms with Gasteiger partial charge in [0.1, 0.15) is 18.1 Å². The second-order valence-corrected chi connectivity index (χ2v) is 18.7. The zero-order valence-corrected chi connectivity index (χ0v) is 38.7. The van der Waals surface area contributed by atoms with Gasteiger partial charge in [0.25, 0.3) is 5.91 Å². The van der Waals surface area contributed by atoms with E-state index >= 15 is 0 Å². The minimum atomic E-state index is -1.06. The molecule has 2 saturated heterocycles. The van der Waals surface area contributed by atoms with E-state index in [1.165, 1.54) is 14.8 Å². The maximum Gasteiger partial charge on any atom is 0.324 e. The number of rotatable bonds is 11. The zero-order chi connectivity index (χ0) is 46.0. The summed E-state index contributed by atoms with van der Waals surface area (Å²) in [6.45, 7) is 13.5. The molecule has 64 heavy (non-hydrogen) atoms. The number of carbonyl (C=O) groups is 5. The summed E-state index contributed by atoms with van der Waals surface area (Å²) in [5, 5.41) is 8.49. The largest absolute Gasteiger partial charge is 0.464 e. The number of pyridine rings is 1. The Morgan fingerprint density at radius 2 is 1.80 bits per heavy atom. The number of benzene rings is 2. The van der Waals surface area contributed by atoms with E-state index in [-0.39, 0.29) is 43.5 Å². The number of nitrogens with zero attached hydrogens (tertiary/aromatic N) is 5. The number of cyclic esters (lactones) is 1. The van der Waals surface area contributed by atoms with Gasteiger partial charge >= 0.3 is 5.97 Å². The molecule has 0 aliphatic carbocycles. The molecule has 15 heteroatoms. The summed E-state index contributed by atoms with van der Waals surface area (Å²) in [6, 6.07) is 15.5. The van der Waals surface area contributed by atoms with E-state index in [2.05, 4.69) is 71.7 Å². The lowest BCUT2D eigenvalue weighted by molar-refractivity contribution is -0.155. The first-order valence-electron chi connectivity index (χ1n) is 22.5. The fourth-order valence-corrected chi connectivity index (χ4v) is 9.22. The number of ether oxygens (including phenoxy) is 2. The molecule has 5 atom stereocenters. The number of methoxy groups -OCH3 is 1. The van der Waals surface area contributed by atoms with E-state index in [1.807, 2.05) is 45.0 Å². The number of esters is 1. The van der Waals surface area contributed by atoms with E-state index in [0.29, 0.717) is 38.9 Å². The number of likely N-dealkylation sites (N-methyl/N-ethyl adjacent to an activating group) is 2. The lowest BCUT2D eigenvalue weighted by Crippen LogP contribution is -2.62. The van der Waals surface area contributed by atoms with Crippen molar-refractivity contribution >= 4 is 40.5 Å². The van der Waals surface area contributed by atoms with Crippen LogP contribution in [-0.2, 0) is 52.8 Å². The number of hydrogen-bond acceptors (Lipinski definition) is 10. The summed E-state index contributed by atoms with van der Waals surface area (Å²) in [5.74, 6) is -2.27. The lowest BCUT2D eigenvalue weighted by atomic mass is 9.84. The van der Waals surface area contributed by atoms with Gasteiger partial charge in [0.2, 0.25) is 17.7 Å². The first-order valence-corrected chi connectivity index (χ1v) is 22.5. The smallest absolute Gasteiger partial charge is 0.324 e. The van der Waals surface area contributed by atoms with Gasteiger partial charge in [-0.15, -0.1) is 0 Å². The molecule has 2 fully saturated rings. The number of carbonyl (C=O) groups excluding carboxylic acids is 5. The zero-order valence-electron chi connectivity index (χ0n) is 38.7. The number of aromatic nitrogens is 2. The quantitative estimate of drug-likeness (QED) is 0.142. The molecule has 15 nitrogen and oxygen atoms in total. The predicted octanol–water partition coefficient (Wildman–Crippen LogP) is 4.66. The Bertz CT molecular complexity index is 2410. The molecule has 2 aromatic heterocycles. The highest BCUT2D eigenvalue weighted by Gasteiger charge is 2.39. The Morgan fingerprint density at radius 1 is 1.05 bits per heavy atom. The van der Waals surface area contributed by atoms with Gasteiger partial charge in [0.05, 0.1) is 36.7 Å². The predicted molar refractivity (Wildman–Crippen MR) is 244 cm³/mol. The highest BCUT2D eigenvalue weighted by Crippen LogP contribution is 2.42. The van der Waals surface area contributed by atoms with Crippen molar-refractivity contribution in [1.29, 1.82) is 0 Å². The molecule has 0 unspecified atom stereocenters. The van der Waals surface area contributed by atoms with Crippen molar-refractivity contribution in [1.82, 2.24) is 40.4 Å². The summed E-state index contributed by atoms with van der Waals surface area (Å²) < 4.78 is 14.3. The minimum Gasteiger partial charge on any atom is -0.464 e. The van der Waals surface area contributed by atoms with Crippen molar-refractivity contribution in [3.63, 3.8) is 0 Å². The van der Waals surface area contributed by atoms with Crippen LogP contribution in [0.25, 0.3) is 33.3 Å². The third kappa shape index (κ3) is 9.86. The van der Waals surface area contributed by atoms with Gasteiger partial charge in [-0.3, -0.25) is 34.0 Å². The second-order valence-electron chi connectivity index (χ2n) is 18.7. The van der Waals surface area contributed by atoms with Crippen molar-refractivity contribution in [3.05, 3.63) is 77.6 Å². The monoisotopic (exact) mass is 876 g/mol. The highest BCUT2D eigenvalue weighted by molar-refractivity contribution is 5.96. The van der Waals surface area contributed by atoms with Crippen molar-refractivity contribution in [3.8, 4) is 22.4 Å². The molecule has 3 aliphatic heterocycles. The molecule has 0 saturated carbocycles. The number of nitrogens with one attached hydrogen (secondary N) is 3.